The van der Waals surface area contributed by atoms with Crippen molar-refractivity contribution >= 4 is 39.1 Å². The predicted molar refractivity (Wildman–Crippen MR) is 83.9 cm³/mol. The summed E-state index contributed by atoms with van der Waals surface area (Å²) in [7, 11) is 0. The van der Waals surface area contributed by atoms with Crippen molar-refractivity contribution in [3.8, 4) is 0 Å². The second-order valence-electron chi connectivity index (χ2n) is 4.98. The van der Waals surface area contributed by atoms with E-state index in [1.54, 1.807) is 4.90 Å². The van der Waals surface area contributed by atoms with E-state index in [-0.39, 0.29) is 10.2 Å². The minimum absolute atomic E-state index is 0.103. The van der Waals surface area contributed by atoms with Gasteiger partial charge in [-0.3, -0.25) is 19.7 Å². The summed E-state index contributed by atoms with van der Waals surface area (Å²) in [6, 6.07) is 5.29. The number of hydrogen-bond acceptors (Lipinski definition) is 6. The van der Waals surface area contributed by atoms with E-state index in [1.807, 2.05) is 0 Å². The second-order valence-corrected chi connectivity index (χ2v) is 5.77. The van der Waals surface area contributed by atoms with Gasteiger partial charge in [0, 0.05) is 25.2 Å². The van der Waals surface area contributed by atoms with Gasteiger partial charge < -0.3 is 9.64 Å². The van der Waals surface area contributed by atoms with Crippen molar-refractivity contribution in [3.63, 3.8) is 0 Å². The van der Waals surface area contributed by atoms with Crippen LogP contribution in [0.25, 0.3) is 0 Å². The van der Waals surface area contributed by atoms with E-state index in [0.717, 1.165) is 4.90 Å². The Hall–Kier alpha value is -2.26. The number of nitrogens with zero attached hydrogens (tertiary/aromatic N) is 3. The quantitative estimate of drug-likeness (QED) is 0.446. The predicted octanol–water partition coefficient (Wildman–Crippen LogP) is 1.41. The highest BCUT2D eigenvalue weighted by Crippen LogP contribution is 2.33. The summed E-state index contributed by atoms with van der Waals surface area (Å²) in [6.07, 6.45) is 0. The maximum atomic E-state index is 12.6. The number of nitro groups is 1. The van der Waals surface area contributed by atoms with Gasteiger partial charge in [0.2, 0.25) is 0 Å². The summed E-state index contributed by atoms with van der Waals surface area (Å²) in [4.78, 5) is 38.0. The second kappa shape index (κ2) is 6.09. The highest BCUT2D eigenvalue weighted by molar-refractivity contribution is 9.12. The molecule has 0 saturated carbocycles. The number of rotatable bonds is 3. The van der Waals surface area contributed by atoms with Crippen LogP contribution < -0.4 is 4.90 Å². The number of amides is 2. The average Bonchev–Trinajstić information content (AvgIpc) is 2.78. The SMILES string of the molecule is O=C1C(Br)=C(N2CCOCC2)C(=O)N1c1ccc([N+](=O)[O-])cc1. The van der Waals surface area contributed by atoms with Crippen molar-refractivity contribution in [1.29, 1.82) is 0 Å². The van der Waals surface area contributed by atoms with Crippen LogP contribution in [0.2, 0.25) is 0 Å². The molecule has 3 rings (SSSR count). The number of non-ortho nitro benzene ring substituents is 1. The van der Waals surface area contributed by atoms with Gasteiger partial charge in [0.25, 0.3) is 17.5 Å². The summed E-state index contributed by atoms with van der Waals surface area (Å²) < 4.78 is 5.45. The molecule has 1 aromatic rings. The van der Waals surface area contributed by atoms with Gasteiger partial charge in [0.1, 0.15) is 10.2 Å². The zero-order valence-corrected chi connectivity index (χ0v) is 13.5. The lowest BCUT2D eigenvalue weighted by Crippen LogP contribution is -2.40. The van der Waals surface area contributed by atoms with Gasteiger partial charge in [0.05, 0.1) is 23.8 Å². The summed E-state index contributed by atoms with van der Waals surface area (Å²) in [6.45, 7) is 2.03. The lowest BCUT2D eigenvalue weighted by Gasteiger charge is -2.29. The lowest BCUT2D eigenvalue weighted by molar-refractivity contribution is -0.384. The number of nitro benzene ring substituents is 1. The Morgan fingerprint density at radius 2 is 1.70 bits per heavy atom. The van der Waals surface area contributed by atoms with Crippen molar-refractivity contribution in [2.24, 2.45) is 0 Å². The number of imide groups is 1. The minimum atomic E-state index is -0.537. The highest BCUT2D eigenvalue weighted by atomic mass is 79.9. The van der Waals surface area contributed by atoms with Gasteiger partial charge in [0.15, 0.2) is 0 Å². The molecule has 2 heterocycles. The van der Waals surface area contributed by atoms with Gasteiger partial charge >= 0.3 is 0 Å². The van der Waals surface area contributed by atoms with Gasteiger partial charge in [-0.25, -0.2) is 4.90 Å². The molecule has 0 atom stereocenters. The van der Waals surface area contributed by atoms with Crippen molar-refractivity contribution in [2.75, 3.05) is 31.2 Å². The fourth-order valence-corrected chi connectivity index (χ4v) is 3.11. The van der Waals surface area contributed by atoms with Gasteiger partial charge in [-0.15, -0.1) is 0 Å². The Balaban J connectivity index is 1.89. The zero-order chi connectivity index (χ0) is 16.6. The number of carbonyl (C=O) groups excluding carboxylic acids is 2. The molecule has 23 heavy (non-hydrogen) atoms. The van der Waals surface area contributed by atoms with Crippen LogP contribution in [-0.2, 0) is 14.3 Å². The molecule has 0 aromatic heterocycles. The zero-order valence-electron chi connectivity index (χ0n) is 11.9. The van der Waals surface area contributed by atoms with E-state index in [2.05, 4.69) is 15.9 Å². The normalized spacial score (nSPS) is 18.8. The fraction of sp³-hybridized carbons (Fsp3) is 0.286. The van der Waals surface area contributed by atoms with Crippen LogP contribution in [0.15, 0.2) is 34.4 Å². The Morgan fingerprint density at radius 3 is 2.26 bits per heavy atom. The van der Waals surface area contributed by atoms with Crippen LogP contribution in [0.1, 0.15) is 0 Å². The lowest BCUT2D eigenvalue weighted by atomic mass is 10.2. The van der Waals surface area contributed by atoms with Crippen molar-refractivity contribution in [1.82, 2.24) is 4.90 Å². The molecule has 0 radical (unpaired) electrons. The van der Waals surface area contributed by atoms with Crippen LogP contribution in [0.5, 0.6) is 0 Å². The summed E-state index contributed by atoms with van der Waals surface area (Å²) >= 11 is 3.20. The van der Waals surface area contributed by atoms with Crippen LogP contribution in [0.3, 0.4) is 0 Å². The molecule has 0 spiro atoms. The molecule has 1 saturated heterocycles. The smallest absolute Gasteiger partial charge is 0.283 e. The third-order valence-electron chi connectivity index (χ3n) is 3.65. The molecule has 1 fully saturated rings. The topological polar surface area (TPSA) is 93.0 Å². The summed E-state index contributed by atoms with van der Waals surface area (Å²) in [5.74, 6) is -0.928. The maximum absolute atomic E-state index is 12.6. The number of anilines is 1. The summed E-state index contributed by atoms with van der Waals surface area (Å²) in [5, 5.41) is 10.7. The Labute approximate surface area is 139 Å². The molecule has 1 aromatic carbocycles. The molecular weight excluding hydrogens is 370 g/mol. The van der Waals surface area contributed by atoms with E-state index in [0.29, 0.717) is 37.7 Å². The largest absolute Gasteiger partial charge is 0.378 e. The van der Waals surface area contributed by atoms with Crippen molar-refractivity contribution in [3.05, 3.63) is 44.6 Å². The monoisotopic (exact) mass is 381 g/mol. The number of hydrogen-bond donors (Lipinski definition) is 0. The molecule has 120 valence electrons. The van der Waals surface area contributed by atoms with Gasteiger partial charge in [-0.1, -0.05) is 0 Å². The van der Waals surface area contributed by atoms with Crippen molar-refractivity contribution in [2.45, 2.75) is 0 Å². The van der Waals surface area contributed by atoms with Gasteiger partial charge in [-0.05, 0) is 28.1 Å². The highest BCUT2D eigenvalue weighted by Gasteiger charge is 2.41. The molecule has 2 amide bonds. The molecule has 2 aliphatic rings. The van der Waals surface area contributed by atoms with E-state index in [4.69, 9.17) is 4.74 Å². The van der Waals surface area contributed by atoms with Crippen LogP contribution >= 0.6 is 15.9 Å². The van der Waals surface area contributed by atoms with Crippen LogP contribution in [-0.4, -0.2) is 47.9 Å². The first-order valence-electron chi connectivity index (χ1n) is 6.86. The standard InChI is InChI=1S/C14H12BrN3O5/c15-11-12(16-5-7-23-8-6-16)14(20)17(13(11)19)9-1-3-10(4-2-9)18(21)22/h1-4H,5-8H2. The molecule has 9 heteroatoms. The molecular formula is C14H12BrN3O5. The van der Waals surface area contributed by atoms with E-state index < -0.39 is 16.7 Å². The number of benzene rings is 1. The molecule has 8 nitrogen and oxygen atoms in total. The maximum Gasteiger partial charge on any atom is 0.283 e. The first kappa shape index (κ1) is 15.6. The minimum Gasteiger partial charge on any atom is -0.378 e. The number of carbonyl (C=O) groups is 2. The van der Waals surface area contributed by atoms with E-state index >= 15 is 0 Å². The van der Waals surface area contributed by atoms with Crippen molar-refractivity contribution < 1.29 is 19.2 Å². The van der Waals surface area contributed by atoms with E-state index in [9.17, 15) is 19.7 Å². The number of ether oxygens (including phenoxy) is 1. The Kier molecular flexibility index (Phi) is 4.14. The molecule has 2 aliphatic heterocycles. The molecule has 0 aliphatic carbocycles. The summed E-state index contributed by atoms with van der Waals surface area (Å²) in [5.41, 5.74) is 0.496. The Bertz CT molecular complexity index is 710. The molecule has 0 bridgehead atoms. The third-order valence-corrected chi connectivity index (χ3v) is 4.37. The van der Waals surface area contributed by atoms with Crippen LogP contribution in [0, 0.1) is 10.1 Å². The first-order chi connectivity index (χ1) is 11.0. The molecule has 0 unspecified atom stereocenters. The molecule has 0 N–H and O–H groups in total. The Morgan fingerprint density at radius 1 is 1.09 bits per heavy atom. The first-order valence-corrected chi connectivity index (χ1v) is 7.65. The fourth-order valence-electron chi connectivity index (χ4n) is 2.51. The average molecular weight is 382 g/mol. The van der Waals surface area contributed by atoms with Gasteiger partial charge in [-0.2, -0.15) is 0 Å². The number of morpholine rings is 1. The van der Waals surface area contributed by atoms with Crippen LogP contribution in [0.4, 0.5) is 11.4 Å². The number of halogens is 1. The van der Waals surface area contributed by atoms with E-state index in [1.165, 1.54) is 24.3 Å². The third kappa shape index (κ3) is 2.73.